The normalized spacial score (nSPS) is 23.2. The van der Waals surface area contributed by atoms with Gasteiger partial charge in [-0.2, -0.15) is 4.58 Å². The molecular formula is C6H9N2O2+. The first-order chi connectivity index (χ1) is 4.97. The van der Waals surface area contributed by atoms with Crippen LogP contribution in [0.1, 0.15) is 0 Å². The van der Waals surface area contributed by atoms with Crippen molar-refractivity contribution in [3.8, 4) is 0 Å². The second-order valence-corrected chi connectivity index (χ2v) is 2.18. The average molecular weight is 141 g/mol. The van der Waals surface area contributed by atoms with Crippen LogP contribution in [0.5, 0.6) is 0 Å². The molecule has 2 rings (SSSR count). The molecule has 2 aliphatic rings. The smallest absolute Gasteiger partial charge is 0.463 e. The van der Waals surface area contributed by atoms with E-state index in [2.05, 4.69) is 4.99 Å². The van der Waals surface area contributed by atoms with Crippen LogP contribution < -0.4 is 0 Å². The van der Waals surface area contributed by atoms with Crippen LogP contribution in [0.3, 0.4) is 0 Å². The van der Waals surface area contributed by atoms with Crippen molar-refractivity contribution in [2.75, 3.05) is 26.3 Å². The molecule has 0 aromatic rings. The number of nitrogens with zero attached hydrogens (tertiary/aromatic N) is 2. The summed E-state index contributed by atoms with van der Waals surface area (Å²) in [7, 11) is 0. The van der Waals surface area contributed by atoms with Crippen LogP contribution in [0.15, 0.2) is 4.99 Å². The molecule has 54 valence electrons. The zero-order valence-corrected chi connectivity index (χ0v) is 5.62. The molecule has 0 saturated carbocycles. The molecule has 0 spiro atoms. The first kappa shape index (κ1) is 5.70. The van der Waals surface area contributed by atoms with E-state index in [9.17, 15) is 0 Å². The van der Waals surface area contributed by atoms with E-state index < -0.39 is 0 Å². The van der Waals surface area contributed by atoms with E-state index in [0.29, 0.717) is 12.6 Å². The molecule has 2 heterocycles. The molecular weight excluding hydrogens is 132 g/mol. The molecule has 0 fully saturated rings. The predicted octanol–water partition coefficient (Wildman–Crippen LogP) is -0.556. The van der Waals surface area contributed by atoms with Gasteiger partial charge in [0.1, 0.15) is 19.8 Å². The molecule has 0 radical (unpaired) electrons. The zero-order chi connectivity index (χ0) is 6.81. The Hall–Kier alpha value is -1.06. The standard InChI is InChI=1S/C6H9N2O2/c1-3-10-6(7-1)8-2-4-9-5-8/h5H,1-4H2/q+1. The van der Waals surface area contributed by atoms with Gasteiger partial charge in [-0.15, -0.1) is 0 Å². The number of ether oxygens (including phenoxy) is 2. The fourth-order valence-electron chi connectivity index (χ4n) is 0.985. The highest BCUT2D eigenvalue weighted by Gasteiger charge is 2.24. The predicted molar refractivity (Wildman–Crippen MR) is 35.4 cm³/mol. The Morgan fingerprint density at radius 3 is 3.10 bits per heavy atom. The monoisotopic (exact) mass is 141 g/mol. The molecule has 10 heavy (non-hydrogen) atoms. The minimum absolute atomic E-state index is 0.706. The molecule has 0 aliphatic carbocycles. The minimum atomic E-state index is 0.706. The Labute approximate surface area is 58.8 Å². The summed E-state index contributed by atoms with van der Waals surface area (Å²) in [6.45, 7) is 3.08. The molecule has 0 bridgehead atoms. The maximum atomic E-state index is 5.20. The summed E-state index contributed by atoms with van der Waals surface area (Å²) in [5, 5.41) is 0. The van der Waals surface area contributed by atoms with Crippen molar-refractivity contribution in [3.63, 3.8) is 0 Å². The van der Waals surface area contributed by atoms with Crippen LogP contribution in [0.4, 0.5) is 0 Å². The number of amidine groups is 1. The number of hydrogen-bond acceptors (Lipinski definition) is 3. The topological polar surface area (TPSA) is 33.8 Å². The van der Waals surface area contributed by atoms with Gasteiger partial charge in [0.2, 0.25) is 6.40 Å². The van der Waals surface area contributed by atoms with Crippen molar-refractivity contribution >= 4 is 12.4 Å². The van der Waals surface area contributed by atoms with Gasteiger partial charge in [0, 0.05) is 0 Å². The first-order valence-electron chi connectivity index (χ1n) is 3.36. The minimum Gasteiger partial charge on any atom is -0.463 e. The van der Waals surface area contributed by atoms with Gasteiger partial charge < -0.3 is 9.47 Å². The van der Waals surface area contributed by atoms with E-state index in [0.717, 1.165) is 19.7 Å². The largest absolute Gasteiger partial charge is 0.495 e. The Balaban J connectivity index is 2.10. The van der Waals surface area contributed by atoms with E-state index >= 15 is 0 Å². The van der Waals surface area contributed by atoms with E-state index in [4.69, 9.17) is 9.47 Å². The van der Waals surface area contributed by atoms with Gasteiger partial charge in [-0.3, -0.25) is 0 Å². The van der Waals surface area contributed by atoms with Crippen LogP contribution in [-0.4, -0.2) is 43.3 Å². The second-order valence-electron chi connectivity index (χ2n) is 2.18. The summed E-state index contributed by atoms with van der Waals surface area (Å²) in [6.07, 6.45) is 1.66. The fraction of sp³-hybridized carbons (Fsp3) is 0.667. The third-order valence-corrected chi connectivity index (χ3v) is 1.47. The molecule has 4 heteroatoms. The van der Waals surface area contributed by atoms with Gasteiger partial charge in [0.25, 0.3) is 0 Å². The molecule has 0 aromatic heterocycles. The van der Waals surface area contributed by atoms with Gasteiger partial charge >= 0.3 is 6.02 Å². The van der Waals surface area contributed by atoms with Crippen LogP contribution in [-0.2, 0) is 9.47 Å². The van der Waals surface area contributed by atoms with Crippen molar-refractivity contribution < 1.29 is 14.0 Å². The van der Waals surface area contributed by atoms with Gasteiger partial charge in [0.15, 0.2) is 6.54 Å². The molecule has 2 aliphatic heterocycles. The summed E-state index contributed by atoms with van der Waals surface area (Å²) in [5.74, 6) is 0. The SMILES string of the molecule is C1=[N+](C2=NCCO2)CCO1. The van der Waals surface area contributed by atoms with Gasteiger partial charge in [-0.05, 0) is 4.99 Å². The maximum absolute atomic E-state index is 5.20. The van der Waals surface area contributed by atoms with E-state index in [1.165, 1.54) is 0 Å². The molecule has 0 unspecified atom stereocenters. The Kier molecular flexibility index (Phi) is 1.30. The fourth-order valence-corrected chi connectivity index (χ4v) is 0.985. The maximum Gasteiger partial charge on any atom is 0.495 e. The summed E-state index contributed by atoms with van der Waals surface area (Å²) < 4.78 is 12.1. The molecule has 0 saturated heterocycles. The summed E-state index contributed by atoms with van der Waals surface area (Å²) in [5.41, 5.74) is 0. The summed E-state index contributed by atoms with van der Waals surface area (Å²) >= 11 is 0. The van der Waals surface area contributed by atoms with Crippen LogP contribution in [0.2, 0.25) is 0 Å². The van der Waals surface area contributed by atoms with Crippen molar-refractivity contribution in [2.24, 2.45) is 4.99 Å². The van der Waals surface area contributed by atoms with Crippen molar-refractivity contribution in [3.05, 3.63) is 0 Å². The third kappa shape index (κ3) is 0.853. The highest BCUT2D eigenvalue weighted by atomic mass is 16.5. The van der Waals surface area contributed by atoms with Gasteiger partial charge in [-0.1, -0.05) is 0 Å². The van der Waals surface area contributed by atoms with E-state index in [1.54, 1.807) is 6.40 Å². The molecule has 0 atom stereocenters. The van der Waals surface area contributed by atoms with Gasteiger partial charge in [0.05, 0.1) is 0 Å². The number of aliphatic imine (C=N–C) groups is 1. The highest BCUT2D eigenvalue weighted by molar-refractivity contribution is 5.70. The van der Waals surface area contributed by atoms with Crippen molar-refractivity contribution in [1.82, 2.24) is 0 Å². The summed E-state index contributed by atoms with van der Waals surface area (Å²) in [6, 6.07) is 0.706. The molecule has 0 aromatic carbocycles. The Bertz CT molecular complexity index is 176. The van der Waals surface area contributed by atoms with Gasteiger partial charge in [-0.25, -0.2) is 0 Å². The lowest BCUT2D eigenvalue weighted by atomic mass is 10.7. The lowest BCUT2D eigenvalue weighted by Crippen LogP contribution is -2.19. The molecule has 4 nitrogen and oxygen atoms in total. The Morgan fingerprint density at radius 1 is 1.50 bits per heavy atom. The molecule has 0 N–H and O–H groups in total. The third-order valence-electron chi connectivity index (χ3n) is 1.47. The Morgan fingerprint density at radius 2 is 2.50 bits per heavy atom. The van der Waals surface area contributed by atoms with Crippen LogP contribution >= 0.6 is 0 Å². The van der Waals surface area contributed by atoms with Crippen LogP contribution in [0.25, 0.3) is 0 Å². The summed E-state index contributed by atoms with van der Waals surface area (Å²) in [4.78, 5) is 4.13. The lowest BCUT2D eigenvalue weighted by molar-refractivity contribution is -0.410. The van der Waals surface area contributed by atoms with E-state index in [1.807, 2.05) is 4.58 Å². The highest BCUT2D eigenvalue weighted by Crippen LogP contribution is 1.97. The molecule has 0 amide bonds. The average Bonchev–Trinajstić information content (AvgIpc) is 2.59. The van der Waals surface area contributed by atoms with E-state index in [-0.39, 0.29) is 0 Å². The van der Waals surface area contributed by atoms with Crippen molar-refractivity contribution in [1.29, 1.82) is 0 Å². The zero-order valence-electron chi connectivity index (χ0n) is 5.62. The van der Waals surface area contributed by atoms with Crippen LogP contribution in [0, 0.1) is 0 Å². The quantitative estimate of drug-likeness (QED) is 0.424. The first-order valence-corrected chi connectivity index (χ1v) is 3.36. The number of hydrogen-bond donors (Lipinski definition) is 0. The lowest BCUT2D eigenvalue weighted by Gasteiger charge is -1.92. The second kappa shape index (κ2) is 2.28. The number of rotatable bonds is 0. The van der Waals surface area contributed by atoms with Crippen molar-refractivity contribution in [2.45, 2.75) is 0 Å².